The summed E-state index contributed by atoms with van der Waals surface area (Å²) >= 11 is 5.89. The number of aromatic nitrogens is 2. The molecule has 0 fully saturated rings. The highest BCUT2D eigenvalue weighted by Gasteiger charge is 2.15. The summed E-state index contributed by atoms with van der Waals surface area (Å²) in [6.45, 7) is 1.92. The van der Waals surface area contributed by atoms with Gasteiger partial charge < -0.3 is 10.3 Å². The molecular formula is C11H11ClFN3O. The Kier molecular flexibility index (Phi) is 3.40. The minimum atomic E-state index is -0.410. The van der Waals surface area contributed by atoms with E-state index in [2.05, 4.69) is 10.1 Å². The average molecular weight is 256 g/mol. The van der Waals surface area contributed by atoms with Crippen molar-refractivity contribution in [2.75, 3.05) is 0 Å². The zero-order valence-corrected chi connectivity index (χ0v) is 9.91. The summed E-state index contributed by atoms with van der Waals surface area (Å²) in [6.07, 6.45) is 0.693. The van der Waals surface area contributed by atoms with Crippen molar-refractivity contribution in [2.45, 2.75) is 19.4 Å². The predicted octanol–water partition coefficient (Wildman–Crippen LogP) is 2.94. The van der Waals surface area contributed by atoms with Gasteiger partial charge in [0.2, 0.25) is 11.7 Å². The third-order valence-corrected chi connectivity index (χ3v) is 2.68. The summed E-state index contributed by atoms with van der Waals surface area (Å²) in [5.74, 6) is 0.254. The summed E-state index contributed by atoms with van der Waals surface area (Å²) in [5.41, 5.74) is 6.28. The zero-order valence-electron chi connectivity index (χ0n) is 9.15. The molecule has 0 radical (unpaired) electrons. The molecule has 0 aliphatic rings. The zero-order chi connectivity index (χ0) is 12.4. The second kappa shape index (κ2) is 4.81. The van der Waals surface area contributed by atoms with E-state index in [0.29, 0.717) is 23.7 Å². The molecular weight excluding hydrogens is 245 g/mol. The van der Waals surface area contributed by atoms with Crippen molar-refractivity contribution in [1.82, 2.24) is 10.1 Å². The number of benzene rings is 1. The largest absolute Gasteiger partial charge is 0.337 e. The van der Waals surface area contributed by atoms with Crippen molar-refractivity contribution in [1.29, 1.82) is 0 Å². The number of hydrogen-bond acceptors (Lipinski definition) is 4. The topological polar surface area (TPSA) is 64.9 Å². The fourth-order valence-corrected chi connectivity index (χ4v) is 1.59. The van der Waals surface area contributed by atoms with Crippen molar-refractivity contribution in [2.24, 2.45) is 5.73 Å². The van der Waals surface area contributed by atoms with E-state index in [4.69, 9.17) is 21.9 Å². The second-order valence-corrected chi connectivity index (χ2v) is 4.00. The molecule has 90 valence electrons. The molecule has 0 aliphatic carbocycles. The highest BCUT2D eigenvalue weighted by Crippen LogP contribution is 2.27. The molecule has 2 N–H and O–H groups in total. The van der Waals surface area contributed by atoms with Crippen LogP contribution in [0, 0.1) is 5.82 Å². The SMILES string of the molecule is CC[C@@H](N)c1nc(-c2ccc(F)cc2Cl)no1. The van der Waals surface area contributed by atoms with Crippen LogP contribution in [0.2, 0.25) is 5.02 Å². The van der Waals surface area contributed by atoms with Gasteiger partial charge in [-0.1, -0.05) is 23.7 Å². The summed E-state index contributed by atoms with van der Waals surface area (Å²) in [5, 5.41) is 4.01. The van der Waals surface area contributed by atoms with Crippen LogP contribution in [0.5, 0.6) is 0 Å². The molecule has 0 saturated carbocycles. The van der Waals surface area contributed by atoms with Gasteiger partial charge in [0.15, 0.2) is 0 Å². The Labute approximate surface area is 103 Å². The van der Waals surface area contributed by atoms with E-state index < -0.39 is 5.82 Å². The van der Waals surface area contributed by atoms with Gasteiger partial charge >= 0.3 is 0 Å². The summed E-state index contributed by atoms with van der Waals surface area (Å²) in [7, 11) is 0. The maximum atomic E-state index is 12.9. The van der Waals surface area contributed by atoms with Gasteiger partial charge in [-0.05, 0) is 24.6 Å². The normalized spacial score (nSPS) is 12.7. The molecule has 2 aromatic rings. The third-order valence-electron chi connectivity index (χ3n) is 2.37. The molecule has 17 heavy (non-hydrogen) atoms. The molecule has 1 heterocycles. The standard InChI is InChI=1S/C11H11ClFN3O/c1-2-9(14)11-15-10(16-17-11)7-4-3-6(13)5-8(7)12/h3-5,9H,2,14H2,1H3/t9-/m1/s1. The molecule has 0 aliphatic heterocycles. The second-order valence-electron chi connectivity index (χ2n) is 3.60. The quantitative estimate of drug-likeness (QED) is 0.916. The molecule has 4 nitrogen and oxygen atoms in total. The summed E-state index contributed by atoms with van der Waals surface area (Å²) in [4.78, 5) is 4.13. The third kappa shape index (κ3) is 2.45. The van der Waals surface area contributed by atoms with Crippen molar-refractivity contribution >= 4 is 11.6 Å². The molecule has 1 atom stereocenters. The van der Waals surface area contributed by atoms with Gasteiger partial charge in [0.25, 0.3) is 0 Å². The Morgan fingerprint density at radius 2 is 2.29 bits per heavy atom. The minimum absolute atomic E-state index is 0.238. The lowest BCUT2D eigenvalue weighted by Crippen LogP contribution is -2.08. The maximum Gasteiger partial charge on any atom is 0.243 e. The van der Waals surface area contributed by atoms with Gasteiger partial charge in [0.05, 0.1) is 11.1 Å². The van der Waals surface area contributed by atoms with Gasteiger partial charge in [0.1, 0.15) is 5.82 Å². The number of halogens is 2. The van der Waals surface area contributed by atoms with Crippen LogP contribution >= 0.6 is 11.6 Å². The molecule has 0 saturated heterocycles. The van der Waals surface area contributed by atoms with Crippen molar-refractivity contribution in [3.8, 4) is 11.4 Å². The summed E-state index contributed by atoms with van der Waals surface area (Å²) in [6, 6.07) is 3.70. The molecule has 0 spiro atoms. The first-order chi connectivity index (χ1) is 8.11. The Morgan fingerprint density at radius 1 is 1.53 bits per heavy atom. The lowest BCUT2D eigenvalue weighted by Gasteiger charge is -2.00. The van der Waals surface area contributed by atoms with Crippen LogP contribution in [-0.2, 0) is 0 Å². The number of nitrogens with zero attached hydrogens (tertiary/aromatic N) is 2. The minimum Gasteiger partial charge on any atom is -0.337 e. The first-order valence-electron chi connectivity index (χ1n) is 5.16. The van der Waals surface area contributed by atoms with Gasteiger partial charge in [-0.15, -0.1) is 0 Å². The monoisotopic (exact) mass is 255 g/mol. The van der Waals surface area contributed by atoms with Gasteiger partial charge in [0, 0.05) is 5.56 Å². The number of nitrogens with two attached hydrogens (primary N) is 1. The van der Waals surface area contributed by atoms with Crippen LogP contribution in [-0.4, -0.2) is 10.1 Å². The van der Waals surface area contributed by atoms with Gasteiger partial charge in [-0.2, -0.15) is 4.98 Å². The van der Waals surface area contributed by atoms with Crippen LogP contribution in [0.3, 0.4) is 0 Å². The van der Waals surface area contributed by atoms with E-state index in [-0.39, 0.29) is 11.1 Å². The Morgan fingerprint density at radius 3 is 2.94 bits per heavy atom. The smallest absolute Gasteiger partial charge is 0.243 e. The molecule has 1 aromatic heterocycles. The van der Waals surface area contributed by atoms with Crippen LogP contribution in [0.15, 0.2) is 22.7 Å². The highest BCUT2D eigenvalue weighted by molar-refractivity contribution is 6.33. The maximum absolute atomic E-state index is 12.9. The van der Waals surface area contributed by atoms with Crippen molar-refractivity contribution in [3.63, 3.8) is 0 Å². The lowest BCUT2D eigenvalue weighted by molar-refractivity contribution is 0.352. The van der Waals surface area contributed by atoms with E-state index in [1.54, 1.807) is 0 Å². The molecule has 6 heteroatoms. The molecule has 0 amide bonds. The van der Waals surface area contributed by atoms with E-state index >= 15 is 0 Å². The lowest BCUT2D eigenvalue weighted by atomic mass is 10.2. The Balaban J connectivity index is 2.37. The fourth-order valence-electron chi connectivity index (χ4n) is 1.34. The van der Waals surface area contributed by atoms with Crippen LogP contribution in [0.1, 0.15) is 25.3 Å². The van der Waals surface area contributed by atoms with Crippen molar-refractivity contribution < 1.29 is 8.91 Å². The first-order valence-corrected chi connectivity index (χ1v) is 5.54. The molecule has 1 aromatic carbocycles. The Bertz CT molecular complexity index is 529. The van der Waals surface area contributed by atoms with E-state index in [9.17, 15) is 4.39 Å². The average Bonchev–Trinajstić information content (AvgIpc) is 2.77. The highest BCUT2D eigenvalue weighted by atomic mass is 35.5. The molecule has 0 bridgehead atoms. The number of rotatable bonds is 3. The molecule has 2 rings (SSSR count). The predicted molar refractivity (Wildman–Crippen MR) is 61.9 cm³/mol. The van der Waals surface area contributed by atoms with Crippen molar-refractivity contribution in [3.05, 3.63) is 34.9 Å². The van der Waals surface area contributed by atoms with Crippen LogP contribution in [0.4, 0.5) is 4.39 Å². The van der Waals surface area contributed by atoms with Gasteiger partial charge in [-0.3, -0.25) is 0 Å². The van der Waals surface area contributed by atoms with Crippen LogP contribution < -0.4 is 5.73 Å². The van der Waals surface area contributed by atoms with E-state index in [1.165, 1.54) is 18.2 Å². The molecule has 0 unspecified atom stereocenters. The van der Waals surface area contributed by atoms with Gasteiger partial charge in [-0.25, -0.2) is 4.39 Å². The first kappa shape index (κ1) is 12.0. The summed E-state index contributed by atoms with van der Waals surface area (Å²) < 4.78 is 17.9. The fraction of sp³-hybridized carbons (Fsp3) is 0.273. The Hall–Kier alpha value is -1.46. The number of hydrogen-bond donors (Lipinski definition) is 1. The van der Waals surface area contributed by atoms with Crippen LogP contribution in [0.25, 0.3) is 11.4 Å². The van der Waals surface area contributed by atoms with E-state index in [1.807, 2.05) is 6.92 Å². The van der Waals surface area contributed by atoms with E-state index in [0.717, 1.165) is 0 Å².